The van der Waals surface area contributed by atoms with Crippen LogP contribution in [0.2, 0.25) is 0 Å². The highest BCUT2D eigenvalue weighted by atomic mass is 14.9. The molecule has 1 aliphatic rings. The van der Waals surface area contributed by atoms with E-state index in [4.69, 9.17) is 5.73 Å². The Balaban J connectivity index is 2.19. The van der Waals surface area contributed by atoms with Gasteiger partial charge in [0.05, 0.1) is 11.3 Å². The second kappa shape index (κ2) is 5.20. The van der Waals surface area contributed by atoms with Gasteiger partial charge in [-0.1, -0.05) is 18.6 Å². The third-order valence-electron chi connectivity index (χ3n) is 3.69. The first-order chi connectivity index (χ1) is 8.26. The van der Waals surface area contributed by atoms with Crippen LogP contribution < -0.4 is 11.1 Å². The van der Waals surface area contributed by atoms with Gasteiger partial charge in [0.1, 0.15) is 6.07 Å². The van der Waals surface area contributed by atoms with E-state index in [1.165, 1.54) is 12.8 Å². The Bertz CT molecular complexity index is 434. The molecule has 1 aromatic rings. The molecule has 0 amide bonds. The van der Waals surface area contributed by atoms with Crippen molar-refractivity contribution in [3.8, 4) is 6.07 Å². The molecule has 0 radical (unpaired) electrons. The van der Waals surface area contributed by atoms with Crippen LogP contribution in [0, 0.1) is 24.2 Å². The number of nitriles is 1. The summed E-state index contributed by atoms with van der Waals surface area (Å²) in [6.07, 6.45) is 3.58. The van der Waals surface area contributed by atoms with E-state index < -0.39 is 0 Å². The first-order valence-corrected chi connectivity index (χ1v) is 6.22. The molecule has 90 valence electrons. The van der Waals surface area contributed by atoms with Crippen molar-refractivity contribution < 1.29 is 0 Å². The first-order valence-electron chi connectivity index (χ1n) is 6.22. The number of nitrogens with two attached hydrogens (primary N) is 1. The number of hydrogen-bond donors (Lipinski definition) is 2. The fraction of sp³-hybridized carbons (Fsp3) is 0.500. The third kappa shape index (κ3) is 2.42. The molecule has 17 heavy (non-hydrogen) atoms. The van der Waals surface area contributed by atoms with Crippen molar-refractivity contribution in [2.45, 2.75) is 32.2 Å². The zero-order valence-electron chi connectivity index (χ0n) is 10.2. The molecule has 1 saturated carbocycles. The molecule has 2 unspecified atom stereocenters. The minimum atomic E-state index is 0.425. The summed E-state index contributed by atoms with van der Waals surface area (Å²) in [7, 11) is 0. The number of anilines is 1. The van der Waals surface area contributed by atoms with Gasteiger partial charge in [-0.05, 0) is 43.9 Å². The second-order valence-corrected chi connectivity index (χ2v) is 4.79. The minimum absolute atomic E-state index is 0.425. The fourth-order valence-corrected chi connectivity index (χ4v) is 2.65. The molecule has 1 aromatic carbocycles. The van der Waals surface area contributed by atoms with Gasteiger partial charge in [-0.2, -0.15) is 5.26 Å². The number of nitrogens with one attached hydrogen (secondary N) is 1. The predicted octanol–water partition coefficient (Wildman–Crippen LogP) is 2.41. The van der Waals surface area contributed by atoms with E-state index in [-0.39, 0.29) is 0 Å². The summed E-state index contributed by atoms with van der Waals surface area (Å²) in [4.78, 5) is 0. The molecule has 0 heterocycles. The van der Waals surface area contributed by atoms with E-state index in [1.54, 1.807) is 0 Å². The summed E-state index contributed by atoms with van der Waals surface area (Å²) < 4.78 is 0. The summed E-state index contributed by atoms with van der Waals surface area (Å²) in [5.74, 6) is 0.544. The Hall–Kier alpha value is -1.53. The number of rotatable bonds is 3. The minimum Gasteiger partial charge on any atom is -0.381 e. The zero-order chi connectivity index (χ0) is 12.3. The highest BCUT2D eigenvalue weighted by Crippen LogP contribution is 2.29. The topological polar surface area (TPSA) is 61.8 Å². The van der Waals surface area contributed by atoms with E-state index in [0.717, 1.165) is 29.8 Å². The lowest BCUT2D eigenvalue weighted by Gasteiger charge is -2.21. The van der Waals surface area contributed by atoms with Gasteiger partial charge in [-0.25, -0.2) is 0 Å². The van der Waals surface area contributed by atoms with Crippen LogP contribution in [0.15, 0.2) is 18.2 Å². The van der Waals surface area contributed by atoms with Gasteiger partial charge in [-0.15, -0.1) is 0 Å². The summed E-state index contributed by atoms with van der Waals surface area (Å²) in [5.41, 5.74) is 8.52. The Kier molecular flexibility index (Phi) is 3.65. The Labute approximate surface area is 103 Å². The van der Waals surface area contributed by atoms with Crippen molar-refractivity contribution >= 4 is 5.69 Å². The highest BCUT2D eigenvalue weighted by Gasteiger charge is 2.26. The predicted molar refractivity (Wildman–Crippen MR) is 69.7 cm³/mol. The maximum absolute atomic E-state index is 9.18. The number of aryl methyl sites for hydroxylation is 1. The van der Waals surface area contributed by atoms with Crippen LogP contribution in [0.5, 0.6) is 0 Å². The molecule has 0 aromatic heterocycles. The molecule has 3 nitrogen and oxygen atoms in total. The van der Waals surface area contributed by atoms with E-state index in [2.05, 4.69) is 11.4 Å². The molecule has 1 fully saturated rings. The van der Waals surface area contributed by atoms with Crippen molar-refractivity contribution in [2.24, 2.45) is 11.7 Å². The normalized spacial score (nSPS) is 23.4. The quantitative estimate of drug-likeness (QED) is 0.836. The van der Waals surface area contributed by atoms with Gasteiger partial charge >= 0.3 is 0 Å². The molecule has 3 N–H and O–H groups in total. The zero-order valence-corrected chi connectivity index (χ0v) is 10.2. The second-order valence-electron chi connectivity index (χ2n) is 4.79. The maximum Gasteiger partial charge on any atom is 0.102 e. The number of hydrogen-bond acceptors (Lipinski definition) is 3. The molecular weight excluding hydrogens is 210 g/mol. The molecule has 0 saturated heterocycles. The Morgan fingerprint density at radius 3 is 3.00 bits per heavy atom. The van der Waals surface area contributed by atoms with Gasteiger partial charge in [0.25, 0.3) is 0 Å². The van der Waals surface area contributed by atoms with Crippen molar-refractivity contribution in [1.82, 2.24) is 0 Å². The maximum atomic E-state index is 9.18. The van der Waals surface area contributed by atoms with Crippen molar-refractivity contribution in [3.63, 3.8) is 0 Å². The summed E-state index contributed by atoms with van der Waals surface area (Å²) in [5, 5.41) is 12.7. The molecule has 2 rings (SSSR count). The van der Waals surface area contributed by atoms with Crippen molar-refractivity contribution in [3.05, 3.63) is 29.3 Å². The van der Waals surface area contributed by atoms with Crippen LogP contribution in [0.1, 0.15) is 30.4 Å². The lowest BCUT2D eigenvalue weighted by atomic mass is 10.0. The average molecular weight is 229 g/mol. The van der Waals surface area contributed by atoms with E-state index >= 15 is 0 Å². The van der Waals surface area contributed by atoms with Gasteiger partial charge in [0.2, 0.25) is 0 Å². The summed E-state index contributed by atoms with van der Waals surface area (Å²) in [6.45, 7) is 2.70. The highest BCUT2D eigenvalue weighted by molar-refractivity contribution is 5.61. The Morgan fingerprint density at radius 2 is 2.29 bits per heavy atom. The monoisotopic (exact) mass is 229 g/mol. The average Bonchev–Trinajstić information content (AvgIpc) is 2.77. The van der Waals surface area contributed by atoms with E-state index in [9.17, 15) is 5.26 Å². The molecule has 0 aliphatic heterocycles. The van der Waals surface area contributed by atoms with Crippen molar-refractivity contribution in [1.29, 1.82) is 5.26 Å². The van der Waals surface area contributed by atoms with Crippen LogP contribution >= 0.6 is 0 Å². The molecule has 3 heteroatoms. The smallest absolute Gasteiger partial charge is 0.102 e. The molecule has 2 atom stereocenters. The standard InChI is InChI=1S/C14H19N3/c1-10-4-2-7-14(12(10)9-16)17-13-6-3-5-11(13)8-15/h2,4,7,11,13,17H,3,5-6,8,15H2,1H3. The Morgan fingerprint density at radius 1 is 1.47 bits per heavy atom. The van der Waals surface area contributed by atoms with Gasteiger partial charge in [-0.3, -0.25) is 0 Å². The molecule has 0 bridgehead atoms. The number of benzene rings is 1. The van der Waals surface area contributed by atoms with Gasteiger partial charge < -0.3 is 11.1 Å². The molecular formula is C14H19N3. The van der Waals surface area contributed by atoms with Crippen LogP contribution in [0.3, 0.4) is 0 Å². The van der Waals surface area contributed by atoms with Crippen LogP contribution in [-0.4, -0.2) is 12.6 Å². The third-order valence-corrected chi connectivity index (χ3v) is 3.69. The van der Waals surface area contributed by atoms with Crippen LogP contribution in [0.4, 0.5) is 5.69 Å². The largest absolute Gasteiger partial charge is 0.381 e. The SMILES string of the molecule is Cc1cccc(NC2CCCC2CN)c1C#N. The number of nitrogens with zero attached hydrogens (tertiary/aromatic N) is 1. The van der Waals surface area contributed by atoms with Crippen molar-refractivity contribution in [2.75, 3.05) is 11.9 Å². The van der Waals surface area contributed by atoms with Gasteiger partial charge in [0, 0.05) is 6.04 Å². The van der Waals surface area contributed by atoms with E-state index in [1.807, 2.05) is 25.1 Å². The summed E-state index contributed by atoms with van der Waals surface area (Å²) >= 11 is 0. The van der Waals surface area contributed by atoms with Crippen LogP contribution in [0.25, 0.3) is 0 Å². The molecule has 0 spiro atoms. The fourth-order valence-electron chi connectivity index (χ4n) is 2.65. The van der Waals surface area contributed by atoms with E-state index in [0.29, 0.717) is 12.0 Å². The lowest BCUT2D eigenvalue weighted by molar-refractivity contribution is 0.516. The molecule has 1 aliphatic carbocycles. The first kappa shape index (κ1) is 11.9. The van der Waals surface area contributed by atoms with Gasteiger partial charge in [0.15, 0.2) is 0 Å². The summed E-state index contributed by atoms with van der Waals surface area (Å²) in [6, 6.07) is 8.65. The lowest BCUT2D eigenvalue weighted by Crippen LogP contribution is -2.29. The van der Waals surface area contributed by atoms with Crippen LogP contribution in [-0.2, 0) is 0 Å².